The SMILES string of the molecule is CC(CNC(=O)NC1CCCCC1C(C)C)C(=O)O. The van der Waals surface area contributed by atoms with Crippen LogP contribution in [0.5, 0.6) is 0 Å². The molecule has 0 saturated heterocycles. The van der Waals surface area contributed by atoms with E-state index in [1.807, 2.05) is 0 Å². The van der Waals surface area contributed by atoms with Gasteiger partial charge < -0.3 is 15.7 Å². The van der Waals surface area contributed by atoms with Gasteiger partial charge in [-0.2, -0.15) is 0 Å². The zero-order chi connectivity index (χ0) is 14.4. The van der Waals surface area contributed by atoms with Crippen LogP contribution in [-0.4, -0.2) is 29.7 Å². The molecule has 3 atom stereocenters. The van der Waals surface area contributed by atoms with Crippen LogP contribution in [0, 0.1) is 17.8 Å². The fraction of sp³-hybridized carbons (Fsp3) is 0.857. The van der Waals surface area contributed by atoms with Crippen LogP contribution in [0.2, 0.25) is 0 Å². The van der Waals surface area contributed by atoms with Gasteiger partial charge in [0.2, 0.25) is 0 Å². The first-order valence-electron chi connectivity index (χ1n) is 7.19. The minimum absolute atomic E-state index is 0.167. The van der Waals surface area contributed by atoms with E-state index in [1.165, 1.54) is 6.42 Å². The minimum atomic E-state index is -0.891. The maximum Gasteiger partial charge on any atom is 0.315 e. The van der Waals surface area contributed by atoms with Crippen molar-refractivity contribution >= 4 is 12.0 Å². The van der Waals surface area contributed by atoms with Gasteiger partial charge in [0.05, 0.1) is 5.92 Å². The van der Waals surface area contributed by atoms with Gasteiger partial charge >= 0.3 is 12.0 Å². The highest BCUT2D eigenvalue weighted by atomic mass is 16.4. The molecule has 0 spiro atoms. The summed E-state index contributed by atoms with van der Waals surface area (Å²) in [6.07, 6.45) is 4.57. The van der Waals surface area contributed by atoms with E-state index in [1.54, 1.807) is 6.92 Å². The summed E-state index contributed by atoms with van der Waals surface area (Å²) in [6.45, 7) is 6.13. The number of urea groups is 1. The Labute approximate surface area is 115 Å². The first-order chi connectivity index (χ1) is 8.91. The molecule has 0 radical (unpaired) electrons. The average molecular weight is 270 g/mol. The van der Waals surface area contributed by atoms with E-state index in [4.69, 9.17) is 5.11 Å². The number of hydrogen-bond acceptors (Lipinski definition) is 2. The van der Waals surface area contributed by atoms with Crippen LogP contribution in [0.15, 0.2) is 0 Å². The van der Waals surface area contributed by atoms with Gasteiger partial charge in [0.1, 0.15) is 0 Å². The topological polar surface area (TPSA) is 78.4 Å². The van der Waals surface area contributed by atoms with Crippen LogP contribution in [0.3, 0.4) is 0 Å². The van der Waals surface area contributed by atoms with Crippen molar-refractivity contribution in [1.29, 1.82) is 0 Å². The van der Waals surface area contributed by atoms with Gasteiger partial charge in [-0.1, -0.05) is 33.6 Å². The molecule has 0 aromatic carbocycles. The number of amides is 2. The van der Waals surface area contributed by atoms with E-state index in [0.29, 0.717) is 11.8 Å². The summed E-state index contributed by atoms with van der Waals surface area (Å²) in [7, 11) is 0. The van der Waals surface area contributed by atoms with Crippen LogP contribution in [0.25, 0.3) is 0 Å². The Balaban J connectivity index is 2.39. The quantitative estimate of drug-likeness (QED) is 0.716. The van der Waals surface area contributed by atoms with Crippen molar-refractivity contribution in [3.8, 4) is 0 Å². The Morgan fingerprint density at radius 2 is 1.84 bits per heavy atom. The first-order valence-corrected chi connectivity index (χ1v) is 7.19. The number of carbonyl (C=O) groups is 2. The number of rotatable bonds is 5. The fourth-order valence-corrected chi connectivity index (χ4v) is 2.69. The molecule has 0 aromatic heterocycles. The number of aliphatic carboxylic acids is 1. The highest BCUT2D eigenvalue weighted by molar-refractivity contribution is 5.76. The molecule has 1 saturated carbocycles. The second-order valence-corrected chi connectivity index (χ2v) is 5.89. The lowest BCUT2D eigenvalue weighted by atomic mass is 9.78. The zero-order valence-electron chi connectivity index (χ0n) is 12.1. The third-order valence-corrected chi connectivity index (χ3v) is 3.98. The van der Waals surface area contributed by atoms with E-state index >= 15 is 0 Å². The highest BCUT2D eigenvalue weighted by Gasteiger charge is 2.28. The molecule has 19 heavy (non-hydrogen) atoms. The molecule has 2 amide bonds. The van der Waals surface area contributed by atoms with Gasteiger partial charge in [-0.3, -0.25) is 4.79 Å². The number of carboxylic acid groups (broad SMARTS) is 1. The molecule has 5 heteroatoms. The third kappa shape index (κ3) is 5.09. The Morgan fingerprint density at radius 3 is 2.42 bits per heavy atom. The van der Waals surface area contributed by atoms with Crippen molar-refractivity contribution < 1.29 is 14.7 Å². The van der Waals surface area contributed by atoms with Gasteiger partial charge in [-0.25, -0.2) is 4.79 Å². The Hall–Kier alpha value is -1.26. The Bertz CT molecular complexity index is 318. The van der Waals surface area contributed by atoms with Crippen molar-refractivity contribution in [3.05, 3.63) is 0 Å². The Kier molecular flexibility index (Phi) is 6.12. The van der Waals surface area contributed by atoms with Crippen molar-refractivity contribution in [3.63, 3.8) is 0 Å². The van der Waals surface area contributed by atoms with Crippen LogP contribution >= 0.6 is 0 Å². The molecule has 0 heterocycles. The summed E-state index contributed by atoms with van der Waals surface area (Å²) < 4.78 is 0. The second kappa shape index (κ2) is 7.36. The molecule has 3 N–H and O–H groups in total. The molecule has 1 aliphatic rings. The molecule has 5 nitrogen and oxygen atoms in total. The van der Waals surface area contributed by atoms with Gasteiger partial charge in [-0.05, 0) is 24.7 Å². The van der Waals surface area contributed by atoms with Crippen molar-refractivity contribution in [2.45, 2.75) is 52.5 Å². The van der Waals surface area contributed by atoms with Crippen LogP contribution < -0.4 is 10.6 Å². The highest BCUT2D eigenvalue weighted by Crippen LogP contribution is 2.30. The summed E-state index contributed by atoms with van der Waals surface area (Å²) in [5.41, 5.74) is 0. The number of nitrogens with one attached hydrogen (secondary N) is 2. The van der Waals surface area contributed by atoms with Crippen LogP contribution in [-0.2, 0) is 4.79 Å². The molecule has 0 aliphatic heterocycles. The normalized spacial score (nSPS) is 24.8. The average Bonchev–Trinajstić information content (AvgIpc) is 2.36. The molecule has 1 rings (SSSR count). The lowest BCUT2D eigenvalue weighted by Crippen LogP contribution is -2.49. The minimum Gasteiger partial charge on any atom is -0.481 e. The summed E-state index contributed by atoms with van der Waals surface area (Å²) in [5.74, 6) is -0.365. The second-order valence-electron chi connectivity index (χ2n) is 5.89. The van der Waals surface area contributed by atoms with Gasteiger partial charge in [-0.15, -0.1) is 0 Å². The molecule has 3 unspecified atom stereocenters. The van der Waals surface area contributed by atoms with Crippen molar-refractivity contribution in [2.75, 3.05) is 6.54 Å². The number of carboxylic acids is 1. The van der Waals surface area contributed by atoms with E-state index in [0.717, 1.165) is 19.3 Å². The number of hydrogen-bond donors (Lipinski definition) is 3. The van der Waals surface area contributed by atoms with Crippen LogP contribution in [0.4, 0.5) is 4.79 Å². The summed E-state index contributed by atoms with van der Waals surface area (Å²) >= 11 is 0. The summed E-state index contributed by atoms with van der Waals surface area (Å²) in [4.78, 5) is 22.5. The maximum atomic E-state index is 11.8. The predicted octanol–water partition coefficient (Wildman–Crippen LogP) is 2.22. The van der Waals surface area contributed by atoms with Crippen molar-refractivity contribution in [2.24, 2.45) is 17.8 Å². The molecule has 1 aliphatic carbocycles. The smallest absolute Gasteiger partial charge is 0.315 e. The molecular weight excluding hydrogens is 244 g/mol. The number of carbonyl (C=O) groups excluding carboxylic acids is 1. The standard InChI is InChI=1S/C14H26N2O3/c1-9(2)11-6-4-5-7-12(11)16-14(19)15-8-10(3)13(17)18/h9-12H,4-8H2,1-3H3,(H,17,18)(H2,15,16,19). The molecule has 0 bridgehead atoms. The summed E-state index contributed by atoms with van der Waals surface area (Å²) in [6, 6.07) is -0.0282. The van der Waals surface area contributed by atoms with Gasteiger partial charge in [0, 0.05) is 12.6 Å². The lowest BCUT2D eigenvalue weighted by Gasteiger charge is -2.34. The van der Waals surface area contributed by atoms with Gasteiger partial charge in [0.25, 0.3) is 0 Å². The van der Waals surface area contributed by atoms with E-state index < -0.39 is 11.9 Å². The largest absolute Gasteiger partial charge is 0.481 e. The van der Waals surface area contributed by atoms with E-state index in [9.17, 15) is 9.59 Å². The lowest BCUT2D eigenvalue weighted by molar-refractivity contribution is -0.140. The maximum absolute atomic E-state index is 11.8. The first kappa shape index (κ1) is 15.8. The monoisotopic (exact) mass is 270 g/mol. The Morgan fingerprint density at radius 1 is 1.21 bits per heavy atom. The fourth-order valence-electron chi connectivity index (χ4n) is 2.69. The molecule has 0 aromatic rings. The zero-order valence-corrected chi connectivity index (χ0v) is 12.1. The molecule has 1 fully saturated rings. The van der Waals surface area contributed by atoms with E-state index in [2.05, 4.69) is 24.5 Å². The third-order valence-electron chi connectivity index (χ3n) is 3.98. The van der Waals surface area contributed by atoms with Gasteiger partial charge in [0.15, 0.2) is 0 Å². The predicted molar refractivity (Wildman–Crippen MR) is 73.9 cm³/mol. The summed E-state index contributed by atoms with van der Waals surface area (Å²) in [5, 5.41) is 14.4. The molecule has 110 valence electrons. The molecular formula is C14H26N2O3. The van der Waals surface area contributed by atoms with E-state index in [-0.39, 0.29) is 18.6 Å². The van der Waals surface area contributed by atoms with Crippen molar-refractivity contribution in [1.82, 2.24) is 10.6 Å². The van der Waals surface area contributed by atoms with Crippen LogP contribution in [0.1, 0.15) is 46.5 Å².